The van der Waals surface area contributed by atoms with Crippen LogP contribution in [0.25, 0.3) is 16.6 Å². The molecule has 5 rings (SSSR count). The van der Waals surface area contributed by atoms with Gasteiger partial charge in [-0.3, -0.25) is 19.1 Å². The summed E-state index contributed by atoms with van der Waals surface area (Å²) in [5.74, 6) is 1.29. The van der Waals surface area contributed by atoms with E-state index in [0.717, 1.165) is 22.3 Å². The van der Waals surface area contributed by atoms with Crippen LogP contribution in [0.4, 0.5) is 11.4 Å². The molecule has 0 bridgehead atoms. The molecule has 202 valence electrons. The number of fused-ring (bicyclic) bond motifs is 1. The lowest BCUT2D eigenvalue weighted by Crippen LogP contribution is -2.49. The molecule has 1 amide bonds. The van der Waals surface area contributed by atoms with Gasteiger partial charge in [0.1, 0.15) is 0 Å². The number of methoxy groups -OCH3 is 3. The molecule has 3 aromatic carbocycles. The molecule has 9 heteroatoms. The van der Waals surface area contributed by atoms with Crippen LogP contribution in [0.5, 0.6) is 17.2 Å². The molecule has 1 aromatic heterocycles. The van der Waals surface area contributed by atoms with Gasteiger partial charge in [-0.2, -0.15) is 0 Å². The van der Waals surface area contributed by atoms with Gasteiger partial charge in [0.05, 0.1) is 39.1 Å². The number of hydrogen-bond acceptors (Lipinski definition) is 7. The number of ether oxygens (including phenoxy) is 3. The first-order valence-corrected chi connectivity index (χ1v) is 12.8. The zero-order valence-electron chi connectivity index (χ0n) is 22.3. The van der Waals surface area contributed by atoms with Crippen LogP contribution in [0.15, 0.2) is 77.6 Å². The normalized spacial score (nSPS) is 13.8. The number of piperazine rings is 1. The van der Waals surface area contributed by atoms with E-state index in [9.17, 15) is 9.59 Å². The lowest BCUT2D eigenvalue weighted by Gasteiger charge is -2.36. The molecule has 4 aromatic rings. The van der Waals surface area contributed by atoms with Crippen molar-refractivity contribution >= 4 is 28.2 Å². The Bertz CT molecular complexity index is 1500. The number of nitrogens with one attached hydrogen (secondary N) is 1. The number of rotatable bonds is 8. The molecule has 39 heavy (non-hydrogen) atoms. The van der Waals surface area contributed by atoms with E-state index < -0.39 is 0 Å². The largest absolute Gasteiger partial charge is 0.493 e. The maximum atomic E-state index is 13.3. The number of anilines is 2. The molecule has 0 atom stereocenters. The minimum atomic E-state index is -0.131. The van der Waals surface area contributed by atoms with Gasteiger partial charge in [0.25, 0.3) is 5.56 Å². The molecule has 1 N–H and O–H groups in total. The number of amides is 1. The minimum absolute atomic E-state index is 0.0675. The van der Waals surface area contributed by atoms with Gasteiger partial charge in [-0.25, -0.2) is 0 Å². The number of aromatic nitrogens is 1. The minimum Gasteiger partial charge on any atom is -0.493 e. The van der Waals surface area contributed by atoms with Crippen LogP contribution < -0.4 is 30.0 Å². The number of carbonyl (C=O) groups is 1. The first kappa shape index (κ1) is 26.1. The Labute approximate surface area is 227 Å². The Hall–Kier alpha value is -4.50. The predicted molar refractivity (Wildman–Crippen MR) is 153 cm³/mol. The SMILES string of the molecule is COc1cc(NC(=O)CN2CCN(c3cc(=O)n(-c4ccccc4)c4ccccc34)CC2)cc(OC)c1OC. The molecule has 1 aliphatic heterocycles. The predicted octanol–water partition coefficient (Wildman–Crippen LogP) is 3.78. The van der Waals surface area contributed by atoms with Crippen LogP contribution in [0.3, 0.4) is 0 Å². The highest BCUT2D eigenvalue weighted by Crippen LogP contribution is 2.40. The highest BCUT2D eigenvalue weighted by atomic mass is 16.5. The Balaban J connectivity index is 1.28. The second kappa shape index (κ2) is 11.5. The van der Waals surface area contributed by atoms with Gasteiger partial charge in [-0.05, 0) is 18.2 Å². The Morgan fingerprint density at radius 3 is 2.10 bits per heavy atom. The van der Waals surface area contributed by atoms with Crippen LogP contribution >= 0.6 is 0 Å². The van der Waals surface area contributed by atoms with E-state index >= 15 is 0 Å². The van der Waals surface area contributed by atoms with Gasteiger partial charge in [0.2, 0.25) is 11.7 Å². The fourth-order valence-electron chi connectivity index (χ4n) is 5.07. The first-order chi connectivity index (χ1) is 19.0. The molecule has 9 nitrogen and oxygen atoms in total. The fraction of sp³-hybridized carbons (Fsp3) is 0.267. The third kappa shape index (κ3) is 5.39. The standard InChI is InChI=1S/C30H32N4O5/c1-37-26-17-21(18-27(38-2)30(26)39-3)31-28(35)20-32-13-15-33(16-14-32)25-19-29(36)34(22-9-5-4-6-10-22)24-12-8-7-11-23(24)25/h4-12,17-19H,13-16,20H2,1-3H3,(H,31,35). The molecule has 0 spiro atoms. The van der Waals surface area contributed by atoms with Gasteiger partial charge in [-0.15, -0.1) is 0 Å². The summed E-state index contributed by atoms with van der Waals surface area (Å²) >= 11 is 0. The summed E-state index contributed by atoms with van der Waals surface area (Å²) in [5.41, 5.74) is 3.14. The second-order valence-electron chi connectivity index (χ2n) is 9.28. The van der Waals surface area contributed by atoms with E-state index in [4.69, 9.17) is 14.2 Å². The lowest BCUT2D eigenvalue weighted by atomic mass is 10.1. The van der Waals surface area contributed by atoms with E-state index in [1.165, 1.54) is 21.3 Å². The van der Waals surface area contributed by atoms with Crippen LogP contribution in [-0.2, 0) is 4.79 Å². The molecule has 1 saturated heterocycles. The van der Waals surface area contributed by atoms with E-state index in [1.54, 1.807) is 22.8 Å². The molecule has 0 aliphatic carbocycles. The average Bonchev–Trinajstić information content (AvgIpc) is 2.97. The molecule has 0 radical (unpaired) electrons. The summed E-state index contributed by atoms with van der Waals surface area (Å²) in [7, 11) is 4.61. The molecule has 1 aliphatic rings. The van der Waals surface area contributed by atoms with Gasteiger partial charge < -0.3 is 24.4 Å². The van der Waals surface area contributed by atoms with Crippen LogP contribution in [0, 0.1) is 0 Å². The Kier molecular flexibility index (Phi) is 7.69. The zero-order valence-corrected chi connectivity index (χ0v) is 22.3. The van der Waals surface area contributed by atoms with Crippen LogP contribution in [0.1, 0.15) is 0 Å². The highest BCUT2D eigenvalue weighted by molar-refractivity contribution is 5.94. The van der Waals surface area contributed by atoms with E-state index in [0.29, 0.717) is 49.1 Å². The number of para-hydroxylation sites is 2. The van der Waals surface area contributed by atoms with Crippen molar-refractivity contribution in [3.05, 3.63) is 83.2 Å². The molecule has 0 saturated carbocycles. The van der Waals surface area contributed by atoms with E-state index in [1.807, 2.05) is 48.5 Å². The Morgan fingerprint density at radius 2 is 1.46 bits per heavy atom. The van der Waals surface area contributed by atoms with Crippen molar-refractivity contribution in [2.75, 3.05) is 64.3 Å². The third-order valence-corrected chi connectivity index (χ3v) is 6.94. The zero-order chi connectivity index (χ0) is 27.4. The van der Waals surface area contributed by atoms with Crippen molar-refractivity contribution < 1.29 is 19.0 Å². The molecular weight excluding hydrogens is 496 g/mol. The number of pyridine rings is 1. The summed E-state index contributed by atoms with van der Waals surface area (Å²) in [4.78, 5) is 30.5. The van der Waals surface area contributed by atoms with E-state index in [-0.39, 0.29) is 18.0 Å². The highest BCUT2D eigenvalue weighted by Gasteiger charge is 2.23. The Morgan fingerprint density at radius 1 is 0.821 bits per heavy atom. The second-order valence-corrected chi connectivity index (χ2v) is 9.28. The summed E-state index contributed by atoms with van der Waals surface area (Å²) in [6, 6.07) is 22.8. The maximum Gasteiger partial charge on any atom is 0.257 e. The smallest absolute Gasteiger partial charge is 0.257 e. The van der Waals surface area contributed by atoms with Crippen molar-refractivity contribution in [1.82, 2.24) is 9.47 Å². The van der Waals surface area contributed by atoms with Crippen molar-refractivity contribution in [2.45, 2.75) is 0 Å². The lowest BCUT2D eigenvalue weighted by molar-refractivity contribution is -0.117. The molecule has 0 unspecified atom stereocenters. The summed E-state index contributed by atoms with van der Waals surface area (Å²) in [5, 5.41) is 3.96. The topological polar surface area (TPSA) is 85.3 Å². The van der Waals surface area contributed by atoms with Crippen LogP contribution in [0.2, 0.25) is 0 Å². The van der Waals surface area contributed by atoms with E-state index in [2.05, 4.69) is 21.2 Å². The molecule has 1 fully saturated rings. The van der Waals surface area contributed by atoms with Gasteiger partial charge >= 0.3 is 0 Å². The monoisotopic (exact) mass is 528 g/mol. The number of benzene rings is 3. The van der Waals surface area contributed by atoms with Crippen LogP contribution in [-0.4, -0.2) is 69.4 Å². The van der Waals surface area contributed by atoms with Crippen molar-refractivity contribution in [1.29, 1.82) is 0 Å². The molecule has 2 heterocycles. The maximum absolute atomic E-state index is 13.3. The quantitative estimate of drug-likeness (QED) is 0.373. The van der Waals surface area contributed by atoms with Crippen molar-refractivity contribution in [3.63, 3.8) is 0 Å². The summed E-state index contributed by atoms with van der Waals surface area (Å²) in [6.45, 7) is 3.05. The fourth-order valence-corrected chi connectivity index (χ4v) is 5.07. The van der Waals surface area contributed by atoms with Crippen molar-refractivity contribution in [2.24, 2.45) is 0 Å². The van der Waals surface area contributed by atoms with Gasteiger partial charge in [0.15, 0.2) is 11.5 Å². The van der Waals surface area contributed by atoms with Gasteiger partial charge in [-0.1, -0.05) is 36.4 Å². The number of nitrogens with zero attached hydrogens (tertiary/aromatic N) is 3. The third-order valence-electron chi connectivity index (χ3n) is 6.94. The van der Waals surface area contributed by atoms with Crippen molar-refractivity contribution in [3.8, 4) is 22.9 Å². The molecular formula is C30H32N4O5. The summed E-state index contributed by atoms with van der Waals surface area (Å²) < 4.78 is 17.9. The first-order valence-electron chi connectivity index (χ1n) is 12.8. The number of hydrogen-bond donors (Lipinski definition) is 1. The van der Waals surface area contributed by atoms with Gasteiger partial charge in [0, 0.05) is 61.1 Å². The summed E-state index contributed by atoms with van der Waals surface area (Å²) in [6.07, 6.45) is 0. The number of carbonyl (C=O) groups excluding carboxylic acids is 1. The average molecular weight is 529 g/mol.